The lowest BCUT2D eigenvalue weighted by atomic mass is 9.78. The molecule has 0 bridgehead atoms. The zero-order chi connectivity index (χ0) is 29.4. The summed E-state index contributed by atoms with van der Waals surface area (Å²) in [4.78, 5) is 5.19. The number of ether oxygens (including phenoxy) is 6. The fourth-order valence-corrected chi connectivity index (χ4v) is 6.64. The van der Waals surface area contributed by atoms with Crippen molar-refractivity contribution in [3.63, 3.8) is 0 Å². The Morgan fingerprint density at radius 2 is 1.38 bits per heavy atom. The van der Waals surface area contributed by atoms with E-state index in [9.17, 15) is 0 Å². The summed E-state index contributed by atoms with van der Waals surface area (Å²) in [6, 6.07) is 0. The number of piperidine rings is 1. The van der Waals surface area contributed by atoms with Crippen LogP contribution in [0.25, 0.3) is 0 Å². The average molecular weight is 571 g/mol. The van der Waals surface area contributed by atoms with Crippen LogP contribution < -0.4 is 0 Å². The smallest absolute Gasteiger partial charge is 0.0936 e. The molecule has 2 atom stereocenters. The second kappa shape index (κ2) is 14.9. The molecule has 0 N–H and O–H groups in total. The molecule has 8 nitrogen and oxygen atoms in total. The van der Waals surface area contributed by atoms with Gasteiger partial charge in [-0.1, -0.05) is 6.92 Å². The Kier molecular flexibility index (Phi) is 12.7. The topological polar surface area (TPSA) is 68.5 Å². The first kappa shape index (κ1) is 34.2. The lowest BCUT2D eigenvalue weighted by molar-refractivity contribution is -0.107. The van der Waals surface area contributed by atoms with Gasteiger partial charge in [0.2, 0.25) is 0 Å². The zero-order valence-electron chi connectivity index (χ0n) is 27.4. The van der Waals surface area contributed by atoms with Gasteiger partial charge < -0.3 is 28.4 Å². The molecule has 3 rings (SSSR count). The maximum Gasteiger partial charge on any atom is 0.0936 e. The minimum absolute atomic E-state index is 0.0370. The number of rotatable bonds is 21. The summed E-state index contributed by atoms with van der Waals surface area (Å²) in [5, 5.41) is 0. The molecule has 0 aromatic heterocycles. The van der Waals surface area contributed by atoms with Crippen LogP contribution in [-0.4, -0.2) is 123 Å². The molecule has 3 fully saturated rings. The lowest BCUT2D eigenvalue weighted by Gasteiger charge is -2.55. The Labute approximate surface area is 245 Å². The first-order valence-electron chi connectivity index (χ1n) is 15.9. The Hall–Kier alpha value is -0.320. The molecule has 0 spiro atoms. The van der Waals surface area contributed by atoms with E-state index in [-0.39, 0.29) is 22.2 Å². The van der Waals surface area contributed by atoms with E-state index >= 15 is 0 Å². The second-order valence-corrected chi connectivity index (χ2v) is 14.7. The molecule has 0 saturated carbocycles. The van der Waals surface area contributed by atoms with E-state index in [4.69, 9.17) is 28.4 Å². The highest BCUT2D eigenvalue weighted by molar-refractivity contribution is 5.02. The summed E-state index contributed by atoms with van der Waals surface area (Å²) in [6.45, 7) is 29.4. The predicted octanol–water partition coefficient (Wildman–Crippen LogP) is 4.92. The van der Waals surface area contributed by atoms with Gasteiger partial charge in [-0.2, -0.15) is 0 Å². The fraction of sp³-hybridized carbons (Fsp3) is 1.00. The van der Waals surface area contributed by atoms with Crippen LogP contribution in [-0.2, 0) is 28.4 Å². The van der Waals surface area contributed by atoms with E-state index in [0.717, 1.165) is 84.8 Å². The van der Waals surface area contributed by atoms with Crippen molar-refractivity contribution in [2.45, 2.75) is 135 Å². The van der Waals surface area contributed by atoms with Crippen molar-refractivity contribution in [2.24, 2.45) is 0 Å². The molecule has 3 saturated heterocycles. The van der Waals surface area contributed by atoms with E-state index in [2.05, 4.69) is 72.1 Å². The SMILES string of the molecule is CCCOCCOCC(C)(C)N(CC1CO1)C(C)(C)CCOCCCOC1CC(C)(C)N(CC2CO2)C(C)(C)C1. The third kappa shape index (κ3) is 11.1. The van der Waals surface area contributed by atoms with Crippen molar-refractivity contribution in [3.8, 4) is 0 Å². The Balaban J connectivity index is 1.35. The Bertz CT molecular complexity index is 717. The normalized spacial score (nSPS) is 25.1. The highest BCUT2D eigenvalue weighted by Gasteiger charge is 2.47. The van der Waals surface area contributed by atoms with Crippen LogP contribution in [0.15, 0.2) is 0 Å². The standard InChI is InChI=1S/C32H62N2O6/c1-10-13-35-17-18-37-25-32(8,9)33(21-27-23-39-27)29(2,3)12-16-36-14-11-15-38-26-19-30(4,5)34(22-28-24-40-28)31(6,7)20-26/h26-28H,10-25H2,1-9H3. The number of nitrogens with zero attached hydrogens (tertiary/aromatic N) is 2. The maximum absolute atomic E-state index is 6.39. The Morgan fingerprint density at radius 1 is 0.775 bits per heavy atom. The predicted molar refractivity (Wildman–Crippen MR) is 160 cm³/mol. The molecule has 236 valence electrons. The number of hydrogen-bond donors (Lipinski definition) is 0. The number of epoxide rings is 2. The van der Waals surface area contributed by atoms with Crippen LogP contribution in [0.4, 0.5) is 0 Å². The molecule has 0 radical (unpaired) electrons. The van der Waals surface area contributed by atoms with Gasteiger partial charge in [0.25, 0.3) is 0 Å². The lowest BCUT2D eigenvalue weighted by Crippen LogP contribution is -2.63. The number of likely N-dealkylation sites (tertiary alicyclic amines) is 1. The van der Waals surface area contributed by atoms with Crippen LogP contribution in [0.3, 0.4) is 0 Å². The monoisotopic (exact) mass is 570 g/mol. The van der Waals surface area contributed by atoms with Crippen LogP contribution in [0.5, 0.6) is 0 Å². The van der Waals surface area contributed by atoms with Gasteiger partial charge in [0.1, 0.15) is 0 Å². The molecular formula is C32H62N2O6. The van der Waals surface area contributed by atoms with E-state index in [0.29, 0.717) is 38.1 Å². The summed E-state index contributed by atoms with van der Waals surface area (Å²) < 4.78 is 35.3. The Morgan fingerprint density at radius 3 is 1.98 bits per heavy atom. The van der Waals surface area contributed by atoms with Gasteiger partial charge in [0, 0.05) is 61.7 Å². The summed E-state index contributed by atoms with van der Waals surface area (Å²) in [5.74, 6) is 0. The molecule has 0 aromatic rings. The van der Waals surface area contributed by atoms with Crippen molar-refractivity contribution >= 4 is 0 Å². The second-order valence-electron chi connectivity index (χ2n) is 14.7. The summed E-state index contributed by atoms with van der Waals surface area (Å²) in [5.41, 5.74) is 0.0699. The fourth-order valence-electron chi connectivity index (χ4n) is 6.64. The number of hydrogen-bond acceptors (Lipinski definition) is 8. The highest BCUT2D eigenvalue weighted by atomic mass is 16.6. The molecule has 0 aromatic carbocycles. The molecule has 40 heavy (non-hydrogen) atoms. The third-order valence-corrected chi connectivity index (χ3v) is 8.77. The quantitative estimate of drug-likeness (QED) is 0.142. The summed E-state index contributed by atoms with van der Waals surface area (Å²) >= 11 is 0. The molecule has 0 amide bonds. The molecule has 3 heterocycles. The van der Waals surface area contributed by atoms with Gasteiger partial charge in [0.05, 0.1) is 51.3 Å². The van der Waals surface area contributed by atoms with Gasteiger partial charge in [0.15, 0.2) is 0 Å². The minimum Gasteiger partial charge on any atom is -0.381 e. The molecule has 8 heteroatoms. The molecular weight excluding hydrogens is 508 g/mol. The van der Waals surface area contributed by atoms with Gasteiger partial charge in [-0.25, -0.2) is 0 Å². The van der Waals surface area contributed by atoms with Crippen molar-refractivity contribution < 1.29 is 28.4 Å². The van der Waals surface area contributed by atoms with E-state index in [1.807, 2.05) is 0 Å². The first-order chi connectivity index (χ1) is 18.8. The van der Waals surface area contributed by atoms with Crippen molar-refractivity contribution in [1.82, 2.24) is 9.80 Å². The minimum atomic E-state index is -0.114. The molecule has 3 aliphatic heterocycles. The maximum atomic E-state index is 6.39. The third-order valence-electron chi connectivity index (χ3n) is 8.77. The molecule has 3 aliphatic rings. The molecule has 2 unspecified atom stereocenters. The van der Waals surface area contributed by atoms with Gasteiger partial charge >= 0.3 is 0 Å². The first-order valence-corrected chi connectivity index (χ1v) is 15.9. The van der Waals surface area contributed by atoms with Gasteiger partial charge in [-0.05, 0) is 87.5 Å². The summed E-state index contributed by atoms with van der Waals surface area (Å²) in [6.07, 6.45) is 6.08. The largest absolute Gasteiger partial charge is 0.381 e. The van der Waals surface area contributed by atoms with Crippen LogP contribution >= 0.6 is 0 Å². The van der Waals surface area contributed by atoms with E-state index in [1.165, 1.54) is 0 Å². The molecule has 0 aliphatic carbocycles. The zero-order valence-corrected chi connectivity index (χ0v) is 27.4. The van der Waals surface area contributed by atoms with Gasteiger partial charge in [-0.3, -0.25) is 9.80 Å². The van der Waals surface area contributed by atoms with Crippen molar-refractivity contribution in [2.75, 3.05) is 72.6 Å². The van der Waals surface area contributed by atoms with Crippen LogP contribution in [0.2, 0.25) is 0 Å². The van der Waals surface area contributed by atoms with Crippen molar-refractivity contribution in [1.29, 1.82) is 0 Å². The van der Waals surface area contributed by atoms with E-state index in [1.54, 1.807) is 0 Å². The highest BCUT2D eigenvalue weighted by Crippen LogP contribution is 2.40. The van der Waals surface area contributed by atoms with Crippen LogP contribution in [0, 0.1) is 0 Å². The van der Waals surface area contributed by atoms with Gasteiger partial charge in [-0.15, -0.1) is 0 Å². The summed E-state index contributed by atoms with van der Waals surface area (Å²) in [7, 11) is 0. The van der Waals surface area contributed by atoms with Crippen LogP contribution in [0.1, 0.15) is 94.4 Å². The van der Waals surface area contributed by atoms with Crippen molar-refractivity contribution in [3.05, 3.63) is 0 Å². The van der Waals surface area contributed by atoms with E-state index < -0.39 is 0 Å². The average Bonchev–Trinajstić information content (AvgIpc) is 3.76.